The summed E-state index contributed by atoms with van der Waals surface area (Å²) in [6, 6.07) is 9.66. The van der Waals surface area contributed by atoms with E-state index >= 15 is 0 Å². The van der Waals surface area contributed by atoms with Gasteiger partial charge in [-0.05, 0) is 36.2 Å². The first-order valence-corrected chi connectivity index (χ1v) is 11.3. The number of aryl methyl sites for hydroxylation is 2. The van der Waals surface area contributed by atoms with E-state index in [9.17, 15) is 14.4 Å². The minimum atomic E-state index is -0.502. The number of carbonyl (C=O) groups is 1. The fourth-order valence-corrected chi connectivity index (χ4v) is 4.90. The minimum absolute atomic E-state index is 0.140. The molecule has 4 aromatic heterocycles. The lowest BCUT2D eigenvalue weighted by atomic mass is 10.2. The Labute approximate surface area is 197 Å². The van der Waals surface area contributed by atoms with E-state index in [4.69, 9.17) is 0 Å². The quantitative estimate of drug-likeness (QED) is 0.385. The summed E-state index contributed by atoms with van der Waals surface area (Å²) >= 11 is 1.43. The number of thiazole rings is 1. The van der Waals surface area contributed by atoms with Crippen molar-refractivity contribution in [2.45, 2.75) is 20.0 Å². The number of hydrogen-bond donors (Lipinski definition) is 0. The van der Waals surface area contributed by atoms with Gasteiger partial charge in [-0.3, -0.25) is 28.6 Å². The third kappa shape index (κ3) is 3.69. The summed E-state index contributed by atoms with van der Waals surface area (Å²) in [5.41, 5.74) is 2.22. The molecule has 0 aliphatic carbocycles. The molecule has 0 radical (unpaired) electrons. The lowest BCUT2D eigenvalue weighted by Crippen LogP contribution is -2.38. The number of nitrogens with zero attached hydrogens (tertiary/aromatic N) is 7. The van der Waals surface area contributed by atoms with Crippen molar-refractivity contribution < 1.29 is 4.79 Å². The van der Waals surface area contributed by atoms with Gasteiger partial charge in [-0.1, -0.05) is 23.5 Å². The Kier molecular flexibility index (Phi) is 5.33. The molecule has 0 aliphatic heterocycles. The highest BCUT2D eigenvalue weighted by atomic mass is 32.1. The second-order valence-corrected chi connectivity index (χ2v) is 9.07. The topological polar surface area (TPSA) is 108 Å². The van der Waals surface area contributed by atoms with Crippen molar-refractivity contribution in [2.75, 3.05) is 4.90 Å². The Morgan fingerprint density at radius 2 is 1.97 bits per heavy atom. The van der Waals surface area contributed by atoms with Crippen molar-refractivity contribution in [1.82, 2.24) is 28.7 Å². The van der Waals surface area contributed by atoms with Crippen molar-refractivity contribution in [2.24, 2.45) is 14.1 Å². The first-order chi connectivity index (χ1) is 16.3. The van der Waals surface area contributed by atoms with E-state index in [0.717, 1.165) is 25.9 Å². The normalized spacial score (nSPS) is 11.4. The summed E-state index contributed by atoms with van der Waals surface area (Å²) in [6.07, 6.45) is 4.79. The van der Waals surface area contributed by atoms with E-state index in [0.29, 0.717) is 5.13 Å². The van der Waals surface area contributed by atoms with E-state index in [1.54, 1.807) is 24.3 Å². The molecule has 0 spiro atoms. The van der Waals surface area contributed by atoms with Crippen molar-refractivity contribution in [3.8, 4) is 0 Å². The predicted octanol–water partition coefficient (Wildman–Crippen LogP) is 1.98. The number of pyridine rings is 1. The maximum atomic E-state index is 13.6. The standard InChI is InChI=1S/C23H21N7O3S/c1-14-6-7-16-17(9-14)34-22(26-16)30(11-15-5-4-8-24-10-15)18(31)12-29-13-25-20-19(29)21(32)28(3)23(33)27(20)2/h4-10,13H,11-12H2,1-3H3. The second-order valence-electron chi connectivity index (χ2n) is 8.06. The first-order valence-electron chi connectivity index (χ1n) is 10.5. The summed E-state index contributed by atoms with van der Waals surface area (Å²) < 4.78 is 4.76. The van der Waals surface area contributed by atoms with Crippen LogP contribution in [0.15, 0.2) is 58.6 Å². The number of hydrogen-bond acceptors (Lipinski definition) is 7. The summed E-state index contributed by atoms with van der Waals surface area (Å²) in [5.74, 6) is -0.269. The average Bonchev–Trinajstić information content (AvgIpc) is 3.44. The van der Waals surface area contributed by atoms with Crippen molar-refractivity contribution in [3.05, 3.63) is 81.0 Å². The molecule has 0 unspecified atom stereocenters. The highest BCUT2D eigenvalue weighted by Crippen LogP contribution is 2.30. The molecule has 0 saturated carbocycles. The zero-order valence-corrected chi connectivity index (χ0v) is 19.6. The van der Waals surface area contributed by atoms with Gasteiger partial charge in [0.1, 0.15) is 6.54 Å². The van der Waals surface area contributed by atoms with Gasteiger partial charge in [0, 0.05) is 26.5 Å². The van der Waals surface area contributed by atoms with Crippen LogP contribution in [-0.4, -0.2) is 34.6 Å². The van der Waals surface area contributed by atoms with Crippen LogP contribution in [0.5, 0.6) is 0 Å². The van der Waals surface area contributed by atoms with Crippen LogP contribution in [0, 0.1) is 6.92 Å². The molecule has 0 bridgehead atoms. The molecule has 0 atom stereocenters. The van der Waals surface area contributed by atoms with E-state index in [1.807, 2.05) is 37.3 Å². The van der Waals surface area contributed by atoms with Crippen LogP contribution in [0.4, 0.5) is 5.13 Å². The predicted molar refractivity (Wildman–Crippen MR) is 130 cm³/mol. The van der Waals surface area contributed by atoms with E-state index < -0.39 is 11.2 Å². The number of aromatic nitrogens is 6. The van der Waals surface area contributed by atoms with E-state index in [2.05, 4.69) is 15.0 Å². The first kappa shape index (κ1) is 21.7. The van der Waals surface area contributed by atoms with Gasteiger partial charge < -0.3 is 4.57 Å². The SMILES string of the molecule is Cc1ccc2nc(N(Cc3cccnc3)C(=O)Cn3cnc4c3c(=O)n(C)c(=O)n4C)sc2c1. The van der Waals surface area contributed by atoms with Gasteiger partial charge >= 0.3 is 5.69 Å². The van der Waals surface area contributed by atoms with Crippen molar-refractivity contribution in [3.63, 3.8) is 0 Å². The van der Waals surface area contributed by atoms with Crippen molar-refractivity contribution >= 4 is 43.8 Å². The minimum Gasteiger partial charge on any atom is -0.315 e. The van der Waals surface area contributed by atoms with Crippen LogP contribution >= 0.6 is 11.3 Å². The Morgan fingerprint density at radius 1 is 1.15 bits per heavy atom. The van der Waals surface area contributed by atoms with Crippen LogP contribution in [0.25, 0.3) is 21.4 Å². The second kappa shape index (κ2) is 8.34. The average molecular weight is 476 g/mol. The van der Waals surface area contributed by atoms with Crippen LogP contribution in [0.1, 0.15) is 11.1 Å². The molecule has 5 rings (SSSR count). The Balaban J connectivity index is 1.57. The molecule has 0 aliphatic rings. The molecule has 0 N–H and O–H groups in total. The van der Waals surface area contributed by atoms with Gasteiger partial charge in [-0.25, -0.2) is 14.8 Å². The molecular formula is C23H21N7O3S. The van der Waals surface area contributed by atoms with E-state index in [-0.39, 0.29) is 30.2 Å². The highest BCUT2D eigenvalue weighted by Gasteiger charge is 2.23. The molecule has 1 amide bonds. The smallest absolute Gasteiger partial charge is 0.315 e. The Morgan fingerprint density at radius 3 is 2.74 bits per heavy atom. The largest absolute Gasteiger partial charge is 0.332 e. The van der Waals surface area contributed by atoms with Crippen LogP contribution in [0.2, 0.25) is 0 Å². The molecule has 0 fully saturated rings. The van der Waals surface area contributed by atoms with E-state index in [1.165, 1.54) is 33.8 Å². The fraction of sp³-hybridized carbons (Fsp3) is 0.217. The third-order valence-corrected chi connectivity index (χ3v) is 6.69. The zero-order chi connectivity index (χ0) is 24.0. The third-order valence-electron chi connectivity index (χ3n) is 5.65. The number of carbonyl (C=O) groups excluding carboxylic acids is 1. The van der Waals surface area contributed by atoms with Crippen LogP contribution in [0.3, 0.4) is 0 Å². The molecule has 10 nitrogen and oxygen atoms in total. The lowest BCUT2D eigenvalue weighted by molar-refractivity contribution is -0.119. The van der Waals surface area contributed by atoms with Crippen LogP contribution < -0.4 is 16.1 Å². The molecule has 5 aromatic rings. The maximum Gasteiger partial charge on any atom is 0.332 e. The lowest BCUT2D eigenvalue weighted by Gasteiger charge is -2.20. The fourth-order valence-electron chi connectivity index (χ4n) is 3.82. The van der Waals surface area contributed by atoms with Gasteiger partial charge in [0.15, 0.2) is 16.3 Å². The number of benzene rings is 1. The Bertz CT molecular complexity index is 1660. The molecule has 34 heavy (non-hydrogen) atoms. The summed E-state index contributed by atoms with van der Waals surface area (Å²) in [6.45, 7) is 2.14. The van der Waals surface area contributed by atoms with Gasteiger partial charge in [-0.15, -0.1) is 0 Å². The molecule has 172 valence electrons. The number of imidazole rings is 1. The zero-order valence-electron chi connectivity index (χ0n) is 18.8. The number of rotatable bonds is 5. The van der Waals surface area contributed by atoms with Gasteiger partial charge in [0.05, 0.1) is 23.1 Å². The molecule has 11 heteroatoms. The maximum absolute atomic E-state index is 13.6. The summed E-state index contributed by atoms with van der Waals surface area (Å²) in [7, 11) is 2.95. The van der Waals surface area contributed by atoms with Crippen LogP contribution in [-0.2, 0) is 32.0 Å². The van der Waals surface area contributed by atoms with Crippen molar-refractivity contribution in [1.29, 1.82) is 0 Å². The molecule has 4 heterocycles. The number of fused-ring (bicyclic) bond motifs is 2. The monoisotopic (exact) mass is 475 g/mol. The molecule has 1 aromatic carbocycles. The van der Waals surface area contributed by atoms with Gasteiger partial charge in [0.2, 0.25) is 5.91 Å². The Hall–Kier alpha value is -4.12. The highest BCUT2D eigenvalue weighted by molar-refractivity contribution is 7.22. The molecule has 0 saturated heterocycles. The summed E-state index contributed by atoms with van der Waals surface area (Å²) in [5, 5.41) is 0.555. The van der Waals surface area contributed by atoms with Gasteiger partial charge in [-0.2, -0.15) is 0 Å². The number of amides is 1. The number of anilines is 1. The molecular weight excluding hydrogens is 454 g/mol. The van der Waals surface area contributed by atoms with Gasteiger partial charge in [0.25, 0.3) is 5.56 Å². The summed E-state index contributed by atoms with van der Waals surface area (Å²) in [4.78, 5) is 53.3.